The van der Waals surface area contributed by atoms with Gasteiger partial charge in [-0.1, -0.05) is 0 Å². The van der Waals surface area contributed by atoms with Gasteiger partial charge in [-0.25, -0.2) is 14.8 Å². The normalized spacial score (nSPS) is 16.3. The summed E-state index contributed by atoms with van der Waals surface area (Å²) in [6, 6.07) is 2.07. The van der Waals surface area contributed by atoms with Gasteiger partial charge in [0.05, 0.1) is 12.0 Å². The summed E-state index contributed by atoms with van der Waals surface area (Å²) in [5.74, 6) is 0.0846. The number of rotatable bonds is 6. The van der Waals surface area contributed by atoms with Gasteiger partial charge < -0.3 is 14.7 Å². The number of anilines is 1. The number of carboxylic acid groups (broad SMARTS) is 1. The minimum Gasteiger partial charge on any atom is -0.480 e. The Morgan fingerprint density at radius 2 is 2.14 bits per heavy atom. The maximum atomic E-state index is 10.4. The minimum absolute atomic E-state index is 0.225. The number of carboxylic acids is 1. The number of fused-ring (bicyclic) bond motifs is 1. The van der Waals surface area contributed by atoms with Gasteiger partial charge >= 0.3 is 5.97 Å². The molecular formula is C14H18N4O3S. The molecule has 0 aromatic carbocycles. The maximum Gasteiger partial charge on any atom is 0.329 e. The zero-order chi connectivity index (χ0) is 15.4. The number of hydrogen-bond donors (Lipinski definition) is 1. The van der Waals surface area contributed by atoms with Crippen molar-refractivity contribution < 1.29 is 14.6 Å². The molecule has 118 valence electrons. The van der Waals surface area contributed by atoms with Crippen LogP contribution in [0.2, 0.25) is 0 Å². The van der Waals surface area contributed by atoms with Crippen molar-refractivity contribution in [3.63, 3.8) is 0 Å². The standard InChI is InChI=1S/C14H18N4O3S/c19-12(20)9-21-7-6-17-2-4-18(5-3-17)13-11-1-8-22-14(11)16-10-15-13/h1,8,10H,2-7,9H2,(H,19,20). The Bertz CT molecular complexity index is 640. The van der Waals surface area contributed by atoms with E-state index in [4.69, 9.17) is 9.84 Å². The van der Waals surface area contributed by atoms with Crippen molar-refractivity contribution in [2.75, 3.05) is 50.8 Å². The Morgan fingerprint density at radius 1 is 1.32 bits per heavy atom. The Labute approximate surface area is 132 Å². The molecule has 0 atom stereocenters. The third-order valence-electron chi connectivity index (χ3n) is 3.69. The molecule has 22 heavy (non-hydrogen) atoms. The van der Waals surface area contributed by atoms with Crippen molar-refractivity contribution in [1.29, 1.82) is 0 Å². The van der Waals surface area contributed by atoms with Crippen molar-refractivity contribution >= 4 is 33.3 Å². The van der Waals surface area contributed by atoms with E-state index in [1.54, 1.807) is 17.7 Å². The molecular weight excluding hydrogens is 304 g/mol. The van der Waals surface area contributed by atoms with Crippen LogP contribution in [0.15, 0.2) is 17.8 Å². The first-order chi connectivity index (χ1) is 10.7. The fourth-order valence-electron chi connectivity index (χ4n) is 2.57. The van der Waals surface area contributed by atoms with Gasteiger partial charge in [-0.3, -0.25) is 4.90 Å². The fraction of sp³-hybridized carbons (Fsp3) is 0.500. The molecule has 2 aromatic heterocycles. The van der Waals surface area contributed by atoms with E-state index in [1.165, 1.54) is 0 Å². The molecule has 1 aliphatic rings. The molecule has 0 bridgehead atoms. The maximum absolute atomic E-state index is 10.4. The van der Waals surface area contributed by atoms with E-state index in [0.29, 0.717) is 6.61 Å². The second-order valence-corrected chi connectivity index (χ2v) is 6.01. The van der Waals surface area contributed by atoms with Gasteiger partial charge in [0.25, 0.3) is 0 Å². The zero-order valence-corrected chi connectivity index (χ0v) is 13.0. The van der Waals surface area contributed by atoms with Crippen molar-refractivity contribution in [3.05, 3.63) is 17.8 Å². The molecule has 0 amide bonds. The molecule has 7 nitrogen and oxygen atoms in total. The number of carbonyl (C=O) groups is 1. The third-order valence-corrected chi connectivity index (χ3v) is 4.51. The molecule has 1 aliphatic heterocycles. The van der Waals surface area contributed by atoms with Crippen LogP contribution in [0.4, 0.5) is 5.82 Å². The lowest BCUT2D eigenvalue weighted by molar-refractivity contribution is -0.142. The van der Waals surface area contributed by atoms with Gasteiger partial charge in [0.1, 0.15) is 23.6 Å². The first-order valence-corrected chi connectivity index (χ1v) is 8.07. The molecule has 1 saturated heterocycles. The molecule has 0 aliphatic carbocycles. The van der Waals surface area contributed by atoms with Gasteiger partial charge in [-0.2, -0.15) is 0 Å². The molecule has 8 heteroatoms. The summed E-state index contributed by atoms with van der Waals surface area (Å²) in [7, 11) is 0. The number of ether oxygens (including phenoxy) is 1. The topological polar surface area (TPSA) is 78.8 Å². The molecule has 1 N–H and O–H groups in total. The number of hydrogen-bond acceptors (Lipinski definition) is 7. The fourth-order valence-corrected chi connectivity index (χ4v) is 3.29. The molecule has 2 aromatic rings. The Balaban J connectivity index is 1.51. The van der Waals surface area contributed by atoms with Crippen LogP contribution in [0.3, 0.4) is 0 Å². The summed E-state index contributed by atoms with van der Waals surface area (Å²) >= 11 is 1.63. The number of nitrogens with zero attached hydrogens (tertiary/aromatic N) is 4. The predicted molar refractivity (Wildman–Crippen MR) is 84.5 cm³/mol. The predicted octanol–water partition coefficient (Wildman–Crippen LogP) is 0.915. The second-order valence-electron chi connectivity index (χ2n) is 5.11. The quantitative estimate of drug-likeness (QED) is 0.792. The average Bonchev–Trinajstić information content (AvgIpc) is 3.00. The van der Waals surface area contributed by atoms with E-state index in [0.717, 1.165) is 48.8 Å². The zero-order valence-electron chi connectivity index (χ0n) is 12.1. The number of aromatic nitrogens is 2. The monoisotopic (exact) mass is 322 g/mol. The van der Waals surface area contributed by atoms with Crippen molar-refractivity contribution in [2.45, 2.75) is 0 Å². The smallest absolute Gasteiger partial charge is 0.329 e. The van der Waals surface area contributed by atoms with Gasteiger partial charge in [-0.05, 0) is 11.4 Å². The van der Waals surface area contributed by atoms with Gasteiger partial charge in [-0.15, -0.1) is 11.3 Å². The molecule has 1 fully saturated rings. The van der Waals surface area contributed by atoms with E-state index >= 15 is 0 Å². The second kappa shape index (κ2) is 6.99. The molecule has 0 spiro atoms. The number of aliphatic carboxylic acids is 1. The van der Waals surface area contributed by atoms with Crippen LogP contribution in [0, 0.1) is 0 Å². The van der Waals surface area contributed by atoms with Crippen LogP contribution in [-0.2, 0) is 9.53 Å². The van der Waals surface area contributed by atoms with E-state index in [1.807, 2.05) is 5.38 Å². The Morgan fingerprint density at radius 3 is 2.91 bits per heavy atom. The van der Waals surface area contributed by atoms with Crippen LogP contribution in [-0.4, -0.2) is 71.9 Å². The van der Waals surface area contributed by atoms with E-state index in [9.17, 15) is 4.79 Å². The summed E-state index contributed by atoms with van der Waals surface area (Å²) in [6.45, 7) is 4.64. The minimum atomic E-state index is -0.923. The van der Waals surface area contributed by atoms with Crippen molar-refractivity contribution in [2.24, 2.45) is 0 Å². The lowest BCUT2D eigenvalue weighted by Gasteiger charge is -2.35. The summed E-state index contributed by atoms with van der Waals surface area (Å²) in [5.41, 5.74) is 0. The largest absolute Gasteiger partial charge is 0.480 e. The summed E-state index contributed by atoms with van der Waals surface area (Å²) in [5, 5.41) is 11.7. The highest BCUT2D eigenvalue weighted by atomic mass is 32.1. The lowest BCUT2D eigenvalue weighted by atomic mass is 10.3. The highest BCUT2D eigenvalue weighted by Gasteiger charge is 2.19. The Kier molecular flexibility index (Phi) is 4.81. The molecule has 0 saturated carbocycles. The lowest BCUT2D eigenvalue weighted by Crippen LogP contribution is -2.47. The molecule has 3 heterocycles. The van der Waals surface area contributed by atoms with Crippen LogP contribution < -0.4 is 4.90 Å². The highest BCUT2D eigenvalue weighted by Crippen LogP contribution is 2.27. The van der Waals surface area contributed by atoms with E-state index in [-0.39, 0.29) is 6.61 Å². The molecule has 0 unspecified atom stereocenters. The van der Waals surface area contributed by atoms with Gasteiger partial charge in [0.15, 0.2) is 0 Å². The molecule has 3 rings (SSSR count). The summed E-state index contributed by atoms with van der Waals surface area (Å²) < 4.78 is 5.08. The first-order valence-electron chi connectivity index (χ1n) is 7.19. The average molecular weight is 322 g/mol. The van der Waals surface area contributed by atoms with Crippen LogP contribution >= 0.6 is 11.3 Å². The van der Waals surface area contributed by atoms with E-state index in [2.05, 4.69) is 25.8 Å². The van der Waals surface area contributed by atoms with Crippen LogP contribution in [0.1, 0.15) is 0 Å². The first kappa shape index (κ1) is 15.1. The number of thiophene rings is 1. The van der Waals surface area contributed by atoms with Gasteiger partial charge in [0, 0.05) is 32.7 Å². The van der Waals surface area contributed by atoms with E-state index < -0.39 is 5.97 Å². The number of piperazine rings is 1. The van der Waals surface area contributed by atoms with Crippen molar-refractivity contribution in [1.82, 2.24) is 14.9 Å². The summed E-state index contributed by atoms with van der Waals surface area (Å²) in [4.78, 5) is 24.7. The van der Waals surface area contributed by atoms with Crippen LogP contribution in [0.25, 0.3) is 10.2 Å². The van der Waals surface area contributed by atoms with Crippen LogP contribution in [0.5, 0.6) is 0 Å². The third kappa shape index (κ3) is 3.52. The molecule has 0 radical (unpaired) electrons. The SMILES string of the molecule is O=C(O)COCCN1CCN(c2ncnc3sccc23)CC1. The van der Waals surface area contributed by atoms with Gasteiger partial charge in [0.2, 0.25) is 0 Å². The Hall–Kier alpha value is -1.77. The van der Waals surface area contributed by atoms with Crippen molar-refractivity contribution in [3.8, 4) is 0 Å². The highest BCUT2D eigenvalue weighted by molar-refractivity contribution is 7.16. The summed E-state index contributed by atoms with van der Waals surface area (Å²) in [6.07, 6.45) is 1.63.